The third-order valence-corrected chi connectivity index (χ3v) is 6.96. The van der Waals surface area contributed by atoms with Gasteiger partial charge in [0, 0.05) is 43.3 Å². The van der Waals surface area contributed by atoms with Gasteiger partial charge in [0.05, 0.1) is 5.56 Å². The molecule has 0 atom stereocenters. The molecule has 0 aromatic heterocycles. The van der Waals surface area contributed by atoms with Crippen molar-refractivity contribution in [1.82, 2.24) is 4.90 Å². The smallest absolute Gasteiger partial charge is 0.253 e. The van der Waals surface area contributed by atoms with E-state index in [-0.39, 0.29) is 11.5 Å². The Morgan fingerprint density at radius 3 is 2.26 bits per heavy atom. The van der Waals surface area contributed by atoms with Crippen LogP contribution in [0.3, 0.4) is 0 Å². The van der Waals surface area contributed by atoms with Crippen molar-refractivity contribution in [3.63, 3.8) is 0 Å². The molecule has 0 saturated carbocycles. The predicted octanol–water partition coefficient (Wildman–Crippen LogP) is 5.26. The Morgan fingerprint density at radius 2 is 1.53 bits per heavy atom. The highest BCUT2D eigenvalue weighted by Crippen LogP contribution is 2.27. The normalized spacial score (nSPS) is 16.3. The molecule has 3 aromatic rings. The molecule has 1 saturated heterocycles. The molecule has 2 heterocycles. The Morgan fingerprint density at radius 1 is 0.824 bits per heavy atom. The van der Waals surface area contributed by atoms with Gasteiger partial charge in [0.1, 0.15) is 11.6 Å². The van der Waals surface area contributed by atoms with Crippen LogP contribution in [0.25, 0.3) is 0 Å². The quantitative estimate of drug-likeness (QED) is 0.499. The number of benzene rings is 3. The van der Waals surface area contributed by atoms with Gasteiger partial charge in [0.2, 0.25) is 0 Å². The van der Waals surface area contributed by atoms with Crippen LogP contribution in [0.1, 0.15) is 44.7 Å². The van der Waals surface area contributed by atoms with Crippen LogP contribution >= 0.6 is 0 Å². The molecule has 174 valence electrons. The van der Waals surface area contributed by atoms with Gasteiger partial charge in [0.15, 0.2) is 5.78 Å². The fourth-order valence-electron chi connectivity index (χ4n) is 4.96. The van der Waals surface area contributed by atoms with E-state index in [1.54, 1.807) is 4.90 Å². The van der Waals surface area contributed by atoms with Crippen molar-refractivity contribution in [3.05, 3.63) is 101 Å². The minimum Gasteiger partial charge on any atom is -0.367 e. The monoisotopic (exact) mass is 460 g/mol. The molecule has 0 bridgehead atoms. The van der Waals surface area contributed by atoms with Gasteiger partial charge in [-0.1, -0.05) is 24.3 Å². The van der Waals surface area contributed by atoms with E-state index in [2.05, 4.69) is 29.2 Å². The Labute approximate surface area is 197 Å². The maximum Gasteiger partial charge on any atom is 0.253 e. The zero-order valence-electron chi connectivity index (χ0n) is 18.8. The van der Waals surface area contributed by atoms with Crippen molar-refractivity contribution >= 4 is 17.4 Å². The second-order valence-electron chi connectivity index (χ2n) is 9.04. The number of likely N-dealkylation sites (tertiary alicyclic amines) is 1. The number of piperidine rings is 1. The number of ketones is 1. The molecule has 0 aliphatic carbocycles. The van der Waals surface area contributed by atoms with Crippen molar-refractivity contribution < 1.29 is 18.4 Å². The Hall–Kier alpha value is -3.54. The highest BCUT2D eigenvalue weighted by atomic mass is 19.1. The van der Waals surface area contributed by atoms with E-state index in [1.807, 2.05) is 24.3 Å². The first-order chi connectivity index (χ1) is 16.5. The molecule has 1 fully saturated rings. The molecule has 0 unspecified atom stereocenters. The van der Waals surface area contributed by atoms with Crippen LogP contribution in [0.15, 0.2) is 66.7 Å². The van der Waals surface area contributed by atoms with Gasteiger partial charge in [-0.2, -0.15) is 0 Å². The summed E-state index contributed by atoms with van der Waals surface area (Å²) in [5, 5.41) is 0. The Kier molecular flexibility index (Phi) is 6.14. The molecule has 6 heteroatoms. The topological polar surface area (TPSA) is 40.6 Å². The number of halogens is 2. The lowest BCUT2D eigenvalue weighted by Crippen LogP contribution is -2.40. The van der Waals surface area contributed by atoms with Crippen molar-refractivity contribution in [3.8, 4) is 0 Å². The number of hydrogen-bond acceptors (Lipinski definition) is 3. The molecule has 1 amide bonds. The van der Waals surface area contributed by atoms with E-state index in [0.717, 1.165) is 43.4 Å². The summed E-state index contributed by atoms with van der Waals surface area (Å²) in [6.07, 6.45) is 1.88. The van der Waals surface area contributed by atoms with Gasteiger partial charge in [-0.3, -0.25) is 9.59 Å². The van der Waals surface area contributed by atoms with Crippen molar-refractivity contribution in [2.45, 2.75) is 25.8 Å². The van der Waals surface area contributed by atoms with Crippen LogP contribution in [0.5, 0.6) is 0 Å². The number of hydrogen-bond donors (Lipinski definition) is 0. The van der Waals surface area contributed by atoms with E-state index in [1.165, 1.54) is 11.1 Å². The number of carbonyl (C=O) groups excluding carboxylic acids is 2. The van der Waals surface area contributed by atoms with E-state index >= 15 is 0 Å². The average Bonchev–Trinajstić information content (AvgIpc) is 2.89. The summed E-state index contributed by atoms with van der Waals surface area (Å²) < 4.78 is 27.5. The first-order valence-corrected chi connectivity index (χ1v) is 11.7. The van der Waals surface area contributed by atoms with Crippen LogP contribution in [0.4, 0.5) is 14.5 Å². The number of rotatable bonds is 4. The maximum absolute atomic E-state index is 14.0. The van der Waals surface area contributed by atoms with E-state index < -0.39 is 23.3 Å². The van der Waals surface area contributed by atoms with Crippen LogP contribution in [-0.2, 0) is 13.0 Å². The number of anilines is 1. The standard InChI is InChI=1S/C28H26F2N2O2/c29-23-7-10-26(30)25(17-23)27(33)20-12-14-31(15-13-20)28(34)21-5-8-24(9-6-21)32-16-11-19-3-1-2-4-22(19)18-32/h1-10,17,20H,11-16,18H2. The molecule has 2 aliphatic rings. The summed E-state index contributed by atoms with van der Waals surface area (Å²) in [5.41, 5.74) is 4.23. The lowest BCUT2D eigenvalue weighted by atomic mass is 9.88. The number of fused-ring (bicyclic) bond motifs is 1. The fraction of sp³-hybridized carbons (Fsp3) is 0.286. The predicted molar refractivity (Wildman–Crippen MR) is 127 cm³/mol. The summed E-state index contributed by atoms with van der Waals surface area (Å²) in [4.78, 5) is 29.7. The van der Waals surface area contributed by atoms with Crippen molar-refractivity contribution in [2.75, 3.05) is 24.5 Å². The minimum atomic E-state index is -0.706. The zero-order chi connectivity index (χ0) is 23.7. The van der Waals surface area contributed by atoms with E-state index in [9.17, 15) is 18.4 Å². The molecule has 3 aromatic carbocycles. The second-order valence-corrected chi connectivity index (χ2v) is 9.04. The molecule has 4 nitrogen and oxygen atoms in total. The summed E-state index contributed by atoms with van der Waals surface area (Å²) in [6, 6.07) is 19.1. The van der Waals surface area contributed by atoms with Gasteiger partial charge >= 0.3 is 0 Å². The molecule has 34 heavy (non-hydrogen) atoms. The maximum atomic E-state index is 14.0. The molecule has 0 spiro atoms. The Bertz CT molecular complexity index is 1220. The summed E-state index contributed by atoms with van der Waals surface area (Å²) in [6.45, 7) is 2.63. The van der Waals surface area contributed by atoms with Crippen molar-refractivity contribution in [1.29, 1.82) is 0 Å². The van der Waals surface area contributed by atoms with Crippen LogP contribution in [0.2, 0.25) is 0 Å². The van der Waals surface area contributed by atoms with Crippen LogP contribution in [-0.4, -0.2) is 36.2 Å². The largest absolute Gasteiger partial charge is 0.367 e. The van der Waals surface area contributed by atoms with Crippen molar-refractivity contribution in [2.24, 2.45) is 5.92 Å². The average molecular weight is 461 g/mol. The second kappa shape index (κ2) is 9.37. The van der Waals surface area contributed by atoms with Gasteiger partial charge in [-0.05, 0) is 72.9 Å². The molecular formula is C28H26F2N2O2. The number of Topliss-reactive ketones (excluding diaryl/α,β-unsaturated/α-hetero) is 1. The Balaban J connectivity index is 1.20. The first-order valence-electron chi connectivity index (χ1n) is 11.7. The van der Waals surface area contributed by atoms with Gasteiger partial charge in [-0.15, -0.1) is 0 Å². The lowest BCUT2D eigenvalue weighted by Gasteiger charge is -2.32. The van der Waals surface area contributed by atoms with Crippen LogP contribution in [0, 0.1) is 17.6 Å². The molecule has 2 aliphatic heterocycles. The summed E-state index contributed by atoms with van der Waals surface area (Å²) >= 11 is 0. The third-order valence-electron chi connectivity index (χ3n) is 6.96. The summed E-state index contributed by atoms with van der Waals surface area (Å²) in [5.74, 6) is -2.21. The fourth-order valence-corrected chi connectivity index (χ4v) is 4.96. The minimum absolute atomic E-state index is 0.0709. The molecule has 0 radical (unpaired) electrons. The molecular weight excluding hydrogens is 434 g/mol. The highest BCUT2D eigenvalue weighted by Gasteiger charge is 2.30. The van der Waals surface area contributed by atoms with Gasteiger partial charge in [-0.25, -0.2) is 8.78 Å². The SMILES string of the molecule is O=C(c1cc(F)ccc1F)C1CCN(C(=O)c2ccc(N3CCc4ccccc4C3)cc2)CC1. The number of amides is 1. The molecule has 0 N–H and O–H groups in total. The van der Waals surface area contributed by atoms with Gasteiger partial charge < -0.3 is 9.80 Å². The zero-order valence-corrected chi connectivity index (χ0v) is 18.8. The third kappa shape index (κ3) is 4.45. The lowest BCUT2D eigenvalue weighted by molar-refractivity contribution is 0.0649. The van der Waals surface area contributed by atoms with Gasteiger partial charge in [0.25, 0.3) is 5.91 Å². The highest BCUT2D eigenvalue weighted by molar-refractivity contribution is 5.98. The number of carbonyl (C=O) groups is 2. The summed E-state index contributed by atoms with van der Waals surface area (Å²) in [7, 11) is 0. The first kappa shape index (κ1) is 22.3. The van der Waals surface area contributed by atoms with E-state index in [0.29, 0.717) is 31.5 Å². The van der Waals surface area contributed by atoms with E-state index in [4.69, 9.17) is 0 Å². The molecule has 5 rings (SSSR count). The van der Waals surface area contributed by atoms with Crippen LogP contribution < -0.4 is 4.90 Å². The number of nitrogens with zero attached hydrogens (tertiary/aromatic N) is 2.